The van der Waals surface area contributed by atoms with Gasteiger partial charge in [-0.3, -0.25) is 9.59 Å². The summed E-state index contributed by atoms with van der Waals surface area (Å²) >= 11 is 1.25. The standard InChI is InChI=1S/C18H21N5O3S/c19-16(24)11-5-3-10(4-6-11)14-8-13(23-18(20)26)15(27-14)17(25)22-12-2-1-7-21-9-12/h3-6,8,12,21H,1-2,7,9H2,(H2,19,24)(H,22,25)(H3,20,23,26)/t12-/m0/s1. The van der Waals surface area contributed by atoms with Crippen molar-refractivity contribution in [2.45, 2.75) is 18.9 Å². The highest BCUT2D eigenvalue weighted by Crippen LogP contribution is 2.35. The zero-order valence-corrected chi connectivity index (χ0v) is 15.4. The van der Waals surface area contributed by atoms with E-state index >= 15 is 0 Å². The van der Waals surface area contributed by atoms with E-state index in [-0.39, 0.29) is 11.9 Å². The minimum absolute atomic E-state index is 0.0491. The summed E-state index contributed by atoms with van der Waals surface area (Å²) in [7, 11) is 0. The smallest absolute Gasteiger partial charge is 0.316 e. The van der Waals surface area contributed by atoms with Gasteiger partial charge in [-0.05, 0) is 43.1 Å². The lowest BCUT2D eigenvalue weighted by atomic mass is 10.1. The van der Waals surface area contributed by atoms with Crippen molar-refractivity contribution in [1.29, 1.82) is 0 Å². The third-order valence-electron chi connectivity index (χ3n) is 4.28. The highest BCUT2D eigenvalue weighted by atomic mass is 32.1. The van der Waals surface area contributed by atoms with Gasteiger partial charge in [-0.25, -0.2) is 4.79 Å². The Hall–Kier alpha value is -2.91. The van der Waals surface area contributed by atoms with Crippen LogP contribution in [0.25, 0.3) is 10.4 Å². The minimum atomic E-state index is -0.739. The Bertz CT molecular complexity index is 856. The zero-order chi connectivity index (χ0) is 19.4. The normalized spacial score (nSPS) is 16.5. The molecular formula is C18H21N5O3S. The van der Waals surface area contributed by atoms with Crippen LogP contribution in [0.15, 0.2) is 30.3 Å². The summed E-state index contributed by atoms with van der Waals surface area (Å²) in [6, 6.07) is 7.73. The fraction of sp³-hybridized carbons (Fsp3) is 0.278. The van der Waals surface area contributed by atoms with E-state index in [9.17, 15) is 14.4 Å². The van der Waals surface area contributed by atoms with Crippen LogP contribution < -0.4 is 27.4 Å². The van der Waals surface area contributed by atoms with Crippen molar-refractivity contribution in [3.63, 3.8) is 0 Å². The number of hydrogen-bond donors (Lipinski definition) is 5. The molecular weight excluding hydrogens is 366 g/mol. The van der Waals surface area contributed by atoms with Gasteiger partial charge in [0.1, 0.15) is 4.88 Å². The molecule has 142 valence electrons. The van der Waals surface area contributed by atoms with E-state index < -0.39 is 11.9 Å². The fourth-order valence-corrected chi connectivity index (χ4v) is 3.97. The molecule has 1 aliphatic heterocycles. The number of carbonyl (C=O) groups excluding carboxylic acids is 3. The number of primary amides is 2. The number of benzene rings is 1. The molecule has 0 radical (unpaired) electrons. The number of carbonyl (C=O) groups is 3. The van der Waals surface area contributed by atoms with E-state index in [1.54, 1.807) is 30.3 Å². The molecule has 9 heteroatoms. The summed E-state index contributed by atoms with van der Waals surface area (Å²) in [4.78, 5) is 36.4. The van der Waals surface area contributed by atoms with Crippen LogP contribution >= 0.6 is 11.3 Å². The van der Waals surface area contributed by atoms with E-state index in [2.05, 4.69) is 16.0 Å². The Morgan fingerprint density at radius 3 is 2.48 bits per heavy atom. The highest BCUT2D eigenvalue weighted by molar-refractivity contribution is 7.18. The van der Waals surface area contributed by atoms with Gasteiger partial charge < -0.3 is 27.4 Å². The number of rotatable bonds is 5. The van der Waals surface area contributed by atoms with Gasteiger partial charge in [0, 0.05) is 23.0 Å². The molecule has 2 heterocycles. The van der Waals surface area contributed by atoms with Crippen LogP contribution in [0.4, 0.5) is 10.5 Å². The number of nitrogens with one attached hydrogen (secondary N) is 3. The quantitative estimate of drug-likeness (QED) is 0.530. The molecule has 1 aliphatic rings. The second-order valence-corrected chi connectivity index (χ2v) is 7.35. The van der Waals surface area contributed by atoms with Gasteiger partial charge in [0.15, 0.2) is 0 Å². The molecule has 1 aromatic heterocycles. The van der Waals surface area contributed by atoms with E-state index in [4.69, 9.17) is 11.5 Å². The molecule has 8 nitrogen and oxygen atoms in total. The van der Waals surface area contributed by atoms with Crippen LogP contribution in [0.1, 0.15) is 32.9 Å². The summed E-state index contributed by atoms with van der Waals surface area (Å²) in [5, 5.41) is 8.75. The minimum Gasteiger partial charge on any atom is -0.366 e. The maximum Gasteiger partial charge on any atom is 0.316 e. The fourth-order valence-electron chi connectivity index (χ4n) is 2.95. The van der Waals surface area contributed by atoms with Gasteiger partial charge in [0.25, 0.3) is 5.91 Å². The van der Waals surface area contributed by atoms with Crippen molar-refractivity contribution in [2.24, 2.45) is 11.5 Å². The largest absolute Gasteiger partial charge is 0.366 e. The first-order valence-electron chi connectivity index (χ1n) is 8.56. The summed E-state index contributed by atoms with van der Waals surface area (Å²) in [6.07, 6.45) is 1.91. The molecule has 1 atom stereocenters. The monoisotopic (exact) mass is 387 g/mol. The summed E-state index contributed by atoms with van der Waals surface area (Å²) in [5.74, 6) is -0.762. The zero-order valence-electron chi connectivity index (χ0n) is 14.6. The second kappa shape index (κ2) is 8.19. The molecule has 1 aromatic carbocycles. The number of amides is 4. The first-order chi connectivity index (χ1) is 12.9. The van der Waals surface area contributed by atoms with Crippen molar-refractivity contribution >= 4 is 34.9 Å². The molecule has 1 saturated heterocycles. The number of anilines is 1. The molecule has 0 unspecified atom stereocenters. The molecule has 27 heavy (non-hydrogen) atoms. The van der Waals surface area contributed by atoms with Crippen molar-refractivity contribution < 1.29 is 14.4 Å². The Kier molecular flexibility index (Phi) is 5.72. The molecule has 0 spiro atoms. The Morgan fingerprint density at radius 2 is 1.89 bits per heavy atom. The third kappa shape index (κ3) is 4.63. The lowest BCUT2D eigenvalue weighted by Crippen LogP contribution is -2.45. The third-order valence-corrected chi connectivity index (χ3v) is 5.47. The van der Waals surface area contributed by atoms with E-state index in [1.165, 1.54) is 11.3 Å². The van der Waals surface area contributed by atoms with Crippen molar-refractivity contribution in [1.82, 2.24) is 10.6 Å². The number of hydrogen-bond acceptors (Lipinski definition) is 5. The van der Waals surface area contributed by atoms with Gasteiger partial charge in [0.05, 0.1) is 5.69 Å². The lowest BCUT2D eigenvalue weighted by Gasteiger charge is -2.23. The average molecular weight is 387 g/mol. The van der Waals surface area contributed by atoms with Gasteiger partial charge in [-0.2, -0.15) is 0 Å². The van der Waals surface area contributed by atoms with Crippen LogP contribution in [-0.2, 0) is 0 Å². The van der Waals surface area contributed by atoms with Gasteiger partial charge in [0.2, 0.25) is 5.91 Å². The maximum atomic E-state index is 12.7. The molecule has 2 aromatic rings. The molecule has 0 bridgehead atoms. The Labute approximate surface area is 160 Å². The van der Waals surface area contributed by atoms with Crippen molar-refractivity contribution in [2.75, 3.05) is 18.4 Å². The summed E-state index contributed by atoms with van der Waals surface area (Å²) in [6.45, 7) is 1.67. The summed E-state index contributed by atoms with van der Waals surface area (Å²) < 4.78 is 0. The van der Waals surface area contributed by atoms with Crippen LogP contribution in [0, 0.1) is 0 Å². The van der Waals surface area contributed by atoms with E-state index in [0.717, 1.165) is 36.4 Å². The van der Waals surface area contributed by atoms with E-state index in [0.29, 0.717) is 16.1 Å². The van der Waals surface area contributed by atoms with Gasteiger partial charge >= 0.3 is 6.03 Å². The number of thiophene rings is 1. The van der Waals surface area contributed by atoms with Crippen LogP contribution in [-0.4, -0.2) is 37.0 Å². The SMILES string of the molecule is NC(=O)Nc1cc(-c2ccc(C(N)=O)cc2)sc1C(=O)N[C@H]1CCCNC1. The molecule has 0 aliphatic carbocycles. The van der Waals surface area contributed by atoms with Crippen molar-refractivity contribution in [3.05, 3.63) is 40.8 Å². The molecule has 7 N–H and O–H groups in total. The number of piperidine rings is 1. The number of nitrogens with two attached hydrogens (primary N) is 2. The number of urea groups is 1. The van der Waals surface area contributed by atoms with Crippen LogP contribution in [0.2, 0.25) is 0 Å². The second-order valence-electron chi connectivity index (χ2n) is 6.30. The van der Waals surface area contributed by atoms with Crippen LogP contribution in [0.3, 0.4) is 0 Å². The summed E-state index contributed by atoms with van der Waals surface area (Å²) in [5.41, 5.74) is 12.1. The molecule has 1 fully saturated rings. The average Bonchev–Trinajstić information content (AvgIpc) is 3.06. The van der Waals surface area contributed by atoms with Gasteiger partial charge in [-0.1, -0.05) is 12.1 Å². The molecule has 3 rings (SSSR count). The Balaban J connectivity index is 1.86. The predicted octanol–water partition coefficient (Wildman–Crippen LogP) is 1.49. The van der Waals surface area contributed by atoms with Gasteiger partial charge in [-0.15, -0.1) is 11.3 Å². The molecule has 0 saturated carbocycles. The predicted molar refractivity (Wildman–Crippen MR) is 105 cm³/mol. The Morgan fingerprint density at radius 1 is 1.15 bits per heavy atom. The lowest BCUT2D eigenvalue weighted by molar-refractivity contribution is 0.0934. The van der Waals surface area contributed by atoms with E-state index in [1.807, 2.05) is 0 Å². The highest BCUT2D eigenvalue weighted by Gasteiger charge is 2.22. The molecule has 4 amide bonds. The van der Waals surface area contributed by atoms with Crippen LogP contribution in [0.5, 0.6) is 0 Å². The topological polar surface area (TPSA) is 139 Å². The first-order valence-corrected chi connectivity index (χ1v) is 9.38. The maximum absolute atomic E-state index is 12.7. The first kappa shape index (κ1) is 18.9. The van der Waals surface area contributed by atoms with Crippen molar-refractivity contribution in [3.8, 4) is 10.4 Å².